The van der Waals surface area contributed by atoms with E-state index < -0.39 is 40.1 Å². The second-order valence-corrected chi connectivity index (χ2v) is 9.03. The third-order valence-corrected chi connectivity index (χ3v) is 5.54. The van der Waals surface area contributed by atoms with Gasteiger partial charge in [0.2, 0.25) is 0 Å². The Bertz CT molecular complexity index is 1440. The number of nitrogens with zero attached hydrogens (tertiary/aromatic N) is 3. The van der Waals surface area contributed by atoms with Crippen molar-refractivity contribution in [2.24, 2.45) is 0 Å². The molecule has 0 unspecified atom stereocenters. The first-order chi connectivity index (χ1) is 17.6. The maximum absolute atomic E-state index is 14.5. The van der Waals surface area contributed by atoms with Crippen molar-refractivity contribution in [3.63, 3.8) is 0 Å². The summed E-state index contributed by atoms with van der Waals surface area (Å²) in [4.78, 5) is 16.7. The zero-order chi connectivity index (χ0) is 27.6. The van der Waals surface area contributed by atoms with Crippen molar-refractivity contribution in [1.82, 2.24) is 19.9 Å². The Morgan fingerprint density at radius 3 is 2.45 bits per heavy atom. The maximum atomic E-state index is 14.5. The molecule has 3 aromatic rings. The van der Waals surface area contributed by atoms with E-state index in [0.717, 1.165) is 12.1 Å². The minimum atomic E-state index is -2.20. The molecule has 2 atom stereocenters. The molecule has 10 nitrogen and oxygen atoms in total. The van der Waals surface area contributed by atoms with E-state index in [4.69, 9.17) is 64.4 Å². The Morgan fingerprint density at radius 2 is 1.79 bits per heavy atom. The number of rotatable bonds is 6. The summed E-state index contributed by atoms with van der Waals surface area (Å²) in [5.41, 5.74) is 0.163. The van der Waals surface area contributed by atoms with Crippen LogP contribution >= 0.6 is 0 Å². The highest BCUT2D eigenvalue weighted by Crippen LogP contribution is 2.45. The van der Waals surface area contributed by atoms with Gasteiger partial charge < -0.3 is 30.7 Å². The summed E-state index contributed by atoms with van der Waals surface area (Å²) in [7, 11) is 40.3. The Balaban J connectivity index is 1.53. The van der Waals surface area contributed by atoms with E-state index in [2.05, 4.69) is 31.3 Å². The summed E-state index contributed by atoms with van der Waals surface area (Å²) >= 11 is 0. The lowest BCUT2D eigenvalue weighted by molar-refractivity contribution is 0.0621. The molecule has 0 bridgehead atoms. The standard InChI is InChI=1S/C19H12B7F2N7O3/c20-17(21)18(22,23)38-14-9(1-6(27)2-11(14)37-17)30-12-4-13(34-19(24,25)26)35-15(33-12)10(5-29-35)32-16(36)31-8-3-7(8)28/h1-2,4-5,7-8,34H,3H2,(H,30,33)(H2,31,32,36)/t7-,8+/m0/s1. The van der Waals surface area contributed by atoms with Crippen molar-refractivity contribution in [3.8, 4) is 11.5 Å². The number of benzene rings is 1. The van der Waals surface area contributed by atoms with E-state index in [-0.39, 0.29) is 46.6 Å². The van der Waals surface area contributed by atoms with Crippen LogP contribution in [0.4, 0.5) is 36.6 Å². The molecule has 1 aliphatic carbocycles. The number of urea groups is 1. The summed E-state index contributed by atoms with van der Waals surface area (Å²) < 4.78 is 39.8. The fraction of sp³-hybridized carbons (Fsp3) is 0.316. The number of hydrogen-bond donors (Lipinski definition) is 4. The van der Waals surface area contributed by atoms with Gasteiger partial charge in [0.15, 0.2) is 17.1 Å². The molecule has 1 saturated carbocycles. The topological polar surface area (TPSA) is 114 Å². The van der Waals surface area contributed by atoms with Gasteiger partial charge in [-0.25, -0.2) is 18.6 Å². The van der Waals surface area contributed by atoms with Crippen molar-refractivity contribution in [2.75, 3.05) is 16.0 Å². The van der Waals surface area contributed by atoms with E-state index in [9.17, 15) is 13.6 Å². The minimum Gasteiger partial charge on any atom is -0.501 e. The number of alkyl halides is 1. The Labute approximate surface area is 225 Å². The lowest BCUT2D eigenvalue weighted by atomic mass is 9.41. The molecule has 0 saturated heterocycles. The zero-order valence-electron chi connectivity index (χ0n) is 19.5. The molecule has 1 aliphatic heterocycles. The van der Waals surface area contributed by atoms with Gasteiger partial charge in [-0.3, -0.25) is 0 Å². The Kier molecular flexibility index (Phi) is 6.10. The van der Waals surface area contributed by atoms with Crippen LogP contribution in [0, 0.1) is 5.82 Å². The molecule has 2 aromatic heterocycles. The molecule has 38 heavy (non-hydrogen) atoms. The number of halogens is 2. The summed E-state index contributed by atoms with van der Waals surface area (Å²) in [5, 5.41) is 8.35. The van der Waals surface area contributed by atoms with Crippen LogP contribution in [0.25, 0.3) is 5.65 Å². The smallest absolute Gasteiger partial charge is 0.319 e. The lowest BCUT2D eigenvalue weighted by Gasteiger charge is -2.48. The number of fused-ring (bicyclic) bond motifs is 2. The molecule has 0 spiro atoms. The lowest BCUT2D eigenvalue weighted by Crippen LogP contribution is -2.65. The van der Waals surface area contributed by atoms with Crippen LogP contribution in [0.1, 0.15) is 6.42 Å². The molecule has 1 fully saturated rings. The fourth-order valence-corrected chi connectivity index (χ4v) is 3.56. The third kappa shape index (κ3) is 5.15. The normalized spacial score (nSPS) is 20.9. The first-order valence-electron chi connectivity index (χ1n) is 11.0. The number of nitrogens with one attached hydrogen (secondary N) is 4. The van der Waals surface area contributed by atoms with Crippen LogP contribution in [0.2, 0.25) is 0 Å². The molecular weight excluding hydrogens is 488 g/mol. The zero-order valence-corrected chi connectivity index (χ0v) is 19.5. The minimum absolute atomic E-state index is 0.0347. The number of ether oxygens (including phenoxy) is 2. The van der Waals surface area contributed by atoms with Gasteiger partial charge in [-0.2, -0.15) is 9.61 Å². The van der Waals surface area contributed by atoms with Crippen molar-refractivity contribution in [2.45, 2.75) is 34.7 Å². The number of carbonyl (C=O) groups excluding carboxylic acids is 1. The second-order valence-electron chi connectivity index (χ2n) is 9.03. The van der Waals surface area contributed by atoms with Gasteiger partial charge in [0.25, 0.3) is 0 Å². The number of amides is 2. The highest BCUT2D eigenvalue weighted by atomic mass is 19.1. The molecule has 5 rings (SSSR count). The van der Waals surface area contributed by atoms with Crippen LogP contribution < -0.4 is 30.7 Å². The highest BCUT2D eigenvalue weighted by molar-refractivity contribution is 6.60. The van der Waals surface area contributed by atoms with Gasteiger partial charge in [-0.05, 0) is 0 Å². The summed E-state index contributed by atoms with van der Waals surface area (Å²) in [6.07, 6.45) is 0.400. The molecule has 176 valence electrons. The van der Waals surface area contributed by atoms with E-state index in [1.54, 1.807) is 0 Å². The van der Waals surface area contributed by atoms with E-state index >= 15 is 0 Å². The largest absolute Gasteiger partial charge is 0.501 e. The molecule has 3 heterocycles. The predicted molar refractivity (Wildman–Crippen MR) is 141 cm³/mol. The van der Waals surface area contributed by atoms with Gasteiger partial charge >= 0.3 is 6.03 Å². The molecular formula is C19H12B7F2N7O3. The fourth-order valence-electron chi connectivity index (χ4n) is 3.56. The quantitative estimate of drug-likeness (QED) is 0.326. The van der Waals surface area contributed by atoms with E-state index in [1.165, 1.54) is 16.8 Å². The van der Waals surface area contributed by atoms with Crippen molar-refractivity contribution in [3.05, 3.63) is 30.2 Å². The van der Waals surface area contributed by atoms with Crippen LogP contribution in [0.3, 0.4) is 0 Å². The van der Waals surface area contributed by atoms with Crippen LogP contribution in [0.5, 0.6) is 11.5 Å². The molecule has 2 aliphatic rings. The van der Waals surface area contributed by atoms with E-state index in [0.29, 0.717) is 0 Å². The number of anilines is 4. The van der Waals surface area contributed by atoms with Crippen molar-refractivity contribution < 1.29 is 23.0 Å². The first-order valence-corrected chi connectivity index (χ1v) is 11.0. The number of aromatic nitrogens is 3. The molecule has 14 radical (unpaired) electrons. The van der Waals surface area contributed by atoms with E-state index in [1.807, 2.05) is 0 Å². The molecule has 2 amide bonds. The second kappa shape index (κ2) is 8.84. The van der Waals surface area contributed by atoms with Gasteiger partial charge in [-0.15, -0.1) is 0 Å². The van der Waals surface area contributed by atoms with Gasteiger partial charge in [0.05, 0.1) is 41.5 Å². The summed E-state index contributed by atoms with van der Waals surface area (Å²) in [6, 6.07) is 2.13. The van der Waals surface area contributed by atoms with Gasteiger partial charge in [-0.1, -0.05) is 5.24 Å². The van der Waals surface area contributed by atoms with Crippen LogP contribution in [-0.2, 0) is 0 Å². The van der Waals surface area contributed by atoms with Crippen molar-refractivity contribution in [1.29, 1.82) is 0 Å². The average molecular weight is 500 g/mol. The predicted octanol–water partition coefficient (Wildman–Crippen LogP) is -0.875. The Hall–Kier alpha value is -3.38. The SMILES string of the molecule is [B]C([B])([B])Nc1cc(Nc2cc(F)cc3c2OC([B])([B])C([B])([B])O3)nc2c(NC(=O)N[C@@H]3C[C@@H]3F)cnn12. The van der Waals surface area contributed by atoms with Gasteiger partial charge in [0, 0.05) is 35.4 Å². The highest BCUT2D eigenvalue weighted by Gasteiger charge is 2.44. The van der Waals surface area contributed by atoms with Crippen LogP contribution in [0.15, 0.2) is 24.4 Å². The number of carbonyl (C=O) groups is 1. The summed E-state index contributed by atoms with van der Waals surface area (Å²) in [5.74, 6) is -0.926. The Morgan fingerprint density at radius 1 is 1.11 bits per heavy atom. The first kappa shape index (κ1) is 26.2. The van der Waals surface area contributed by atoms with Crippen LogP contribution in [-0.4, -0.2) is 104 Å². The van der Waals surface area contributed by atoms with Gasteiger partial charge in [0.1, 0.15) is 60.7 Å². The third-order valence-electron chi connectivity index (χ3n) is 5.54. The summed E-state index contributed by atoms with van der Waals surface area (Å²) in [6.45, 7) is 0. The molecule has 4 N–H and O–H groups in total. The number of hydrogen-bond acceptors (Lipinski definition) is 7. The maximum Gasteiger partial charge on any atom is 0.319 e. The van der Waals surface area contributed by atoms with Crippen molar-refractivity contribution >= 4 is 89.6 Å². The monoisotopic (exact) mass is 501 g/mol. The molecule has 19 heteroatoms. The average Bonchev–Trinajstić information content (AvgIpc) is 3.29. The molecule has 1 aromatic carbocycles.